The zero-order valence-electron chi connectivity index (χ0n) is 11.5. The van der Waals surface area contributed by atoms with Crippen LogP contribution in [-0.2, 0) is 6.42 Å². The highest BCUT2D eigenvalue weighted by atomic mass is 32.1. The van der Waals surface area contributed by atoms with Gasteiger partial charge in [-0.25, -0.2) is 4.39 Å². The van der Waals surface area contributed by atoms with Crippen LogP contribution in [0, 0.1) is 12.7 Å². The maximum atomic E-state index is 13.4. The second-order valence-corrected chi connectivity index (χ2v) is 5.94. The summed E-state index contributed by atoms with van der Waals surface area (Å²) in [6, 6.07) is 7.72. The van der Waals surface area contributed by atoms with E-state index in [2.05, 4.69) is 29.3 Å². The summed E-state index contributed by atoms with van der Waals surface area (Å²) in [6.45, 7) is 3.91. The summed E-state index contributed by atoms with van der Waals surface area (Å²) in [4.78, 5) is 3.46. The summed E-state index contributed by atoms with van der Waals surface area (Å²) in [5, 5.41) is 2.08. The van der Waals surface area contributed by atoms with Gasteiger partial charge in [0.2, 0.25) is 0 Å². The summed E-state index contributed by atoms with van der Waals surface area (Å²) in [5.41, 5.74) is 7.93. The van der Waals surface area contributed by atoms with Crippen molar-refractivity contribution in [3.63, 3.8) is 0 Å². The molecule has 0 aliphatic heterocycles. The molecule has 2 aromatic rings. The van der Waals surface area contributed by atoms with Gasteiger partial charge in [0, 0.05) is 24.4 Å². The van der Waals surface area contributed by atoms with Gasteiger partial charge < -0.3 is 10.6 Å². The fourth-order valence-electron chi connectivity index (χ4n) is 2.08. The molecule has 1 unspecified atom stereocenters. The van der Waals surface area contributed by atoms with Crippen molar-refractivity contribution in [2.75, 3.05) is 17.7 Å². The van der Waals surface area contributed by atoms with Crippen molar-refractivity contribution >= 4 is 22.7 Å². The standard InChI is InChI=1S/C15H19FN2S/c1-10-7-15(14(17)9-13(10)16)18(3)11(2)8-12-5-4-6-19-12/h4-7,9,11H,8,17H2,1-3H3. The Morgan fingerprint density at radius 2 is 2.16 bits per heavy atom. The topological polar surface area (TPSA) is 29.3 Å². The van der Waals surface area contributed by atoms with Gasteiger partial charge in [-0.3, -0.25) is 0 Å². The van der Waals surface area contributed by atoms with E-state index in [1.165, 1.54) is 10.9 Å². The Labute approximate surface area is 117 Å². The molecule has 0 aliphatic rings. The molecule has 1 aromatic heterocycles. The molecule has 1 aromatic carbocycles. The highest BCUT2D eigenvalue weighted by Crippen LogP contribution is 2.28. The third kappa shape index (κ3) is 3.07. The number of nitrogens with two attached hydrogens (primary N) is 1. The van der Waals surface area contributed by atoms with Crippen LogP contribution in [0.3, 0.4) is 0 Å². The molecule has 0 amide bonds. The molecule has 2 nitrogen and oxygen atoms in total. The van der Waals surface area contributed by atoms with Crippen LogP contribution in [0.25, 0.3) is 0 Å². The predicted molar refractivity (Wildman–Crippen MR) is 81.4 cm³/mol. The smallest absolute Gasteiger partial charge is 0.128 e. The van der Waals surface area contributed by atoms with Crippen LogP contribution >= 0.6 is 11.3 Å². The molecule has 19 heavy (non-hydrogen) atoms. The van der Waals surface area contributed by atoms with Gasteiger partial charge in [0.1, 0.15) is 5.82 Å². The summed E-state index contributed by atoms with van der Waals surface area (Å²) in [6.07, 6.45) is 0.962. The Kier molecular flexibility index (Phi) is 4.10. The number of nitrogen functional groups attached to an aromatic ring is 1. The van der Waals surface area contributed by atoms with Crippen LogP contribution in [0.5, 0.6) is 0 Å². The number of hydrogen-bond donors (Lipinski definition) is 1. The van der Waals surface area contributed by atoms with Crippen molar-refractivity contribution in [2.45, 2.75) is 26.3 Å². The van der Waals surface area contributed by atoms with E-state index in [1.807, 2.05) is 13.1 Å². The summed E-state index contributed by atoms with van der Waals surface area (Å²) in [5.74, 6) is -0.249. The Morgan fingerprint density at radius 3 is 2.79 bits per heavy atom. The second-order valence-electron chi connectivity index (χ2n) is 4.90. The third-order valence-electron chi connectivity index (χ3n) is 3.43. The lowest BCUT2D eigenvalue weighted by Crippen LogP contribution is -2.31. The lowest BCUT2D eigenvalue weighted by atomic mass is 10.1. The zero-order valence-corrected chi connectivity index (χ0v) is 12.3. The van der Waals surface area contributed by atoms with Gasteiger partial charge in [-0.2, -0.15) is 0 Å². The summed E-state index contributed by atoms with van der Waals surface area (Å²) in [7, 11) is 2.00. The normalized spacial score (nSPS) is 12.4. The van der Waals surface area contributed by atoms with Crippen LogP contribution < -0.4 is 10.6 Å². The molecule has 1 atom stereocenters. The Morgan fingerprint density at radius 1 is 1.42 bits per heavy atom. The lowest BCUT2D eigenvalue weighted by molar-refractivity contribution is 0.618. The molecule has 0 saturated heterocycles. The zero-order chi connectivity index (χ0) is 14.0. The van der Waals surface area contributed by atoms with Gasteiger partial charge in [-0.1, -0.05) is 6.07 Å². The molecule has 102 valence electrons. The molecule has 0 aliphatic carbocycles. The van der Waals surface area contributed by atoms with Gasteiger partial charge in [0.05, 0.1) is 11.4 Å². The Balaban J connectivity index is 2.19. The van der Waals surface area contributed by atoms with Crippen LogP contribution in [0.4, 0.5) is 15.8 Å². The first-order valence-corrected chi connectivity index (χ1v) is 7.18. The van der Waals surface area contributed by atoms with Crippen molar-refractivity contribution in [3.8, 4) is 0 Å². The van der Waals surface area contributed by atoms with Crippen molar-refractivity contribution in [3.05, 3.63) is 45.9 Å². The van der Waals surface area contributed by atoms with Crippen molar-refractivity contribution in [1.82, 2.24) is 0 Å². The number of hydrogen-bond acceptors (Lipinski definition) is 3. The molecular weight excluding hydrogens is 259 g/mol. The van der Waals surface area contributed by atoms with Gasteiger partial charge in [-0.15, -0.1) is 11.3 Å². The molecule has 0 radical (unpaired) electrons. The minimum absolute atomic E-state index is 0.249. The summed E-state index contributed by atoms with van der Waals surface area (Å²) < 4.78 is 13.4. The molecule has 2 rings (SSSR count). The number of anilines is 2. The van der Waals surface area contributed by atoms with Crippen LogP contribution in [-0.4, -0.2) is 13.1 Å². The largest absolute Gasteiger partial charge is 0.397 e. The number of likely N-dealkylation sites (N-methyl/N-ethyl adjacent to an activating group) is 1. The molecule has 0 saturated carbocycles. The first-order valence-electron chi connectivity index (χ1n) is 6.30. The quantitative estimate of drug-likeness (QED) is 0.861. The van der Waals surface area contributed by atoms with E-state index < -0.39 is 0 Å². The van der Waals surface area contributed by atoms with Crippen molar-refractivity contribution in [2.24, 2.45) is 0 Å². The number of halogens is 1. The van der Waals surface area contributed by atoms with E-state index in [-0.39, 0.29) is 5.82 Å². The Bertz CT molecular complexity index is 552. The van der Waals surface area contributed by atoms with E-state index in [1.54, 1.807) is 18.3 Å². The van der Waals surface area contributed by atoms with Crippen molar-refractivity contribution < 1.29 is 4.39 Å². The fraction of sp³-hybridized carbons (Fsp3) is 0.333. The SMILES string of the molecule is Cc1cc(N(C)C(C)Cc2cccs2)c(N)cc1F. The molecule has 1 heterocycles. The molecule has 0 spiro atoms. The number of aryl methyl sites for hydroxylation is 1. The van der Waals surface area contributed by atoms with Crippen molar-refractivity contribution in [1.29, 1.82) is 0 Å². The highest BCUT2D eigenvalue weighted by Gasteiger charge is 2.15. The molecule has 0 fully saturated rings. The first kappa shape index (κ1) is 13.9. The van der Waals surface area contributed by atoms with E-state index in [0.717, 1.165) is 12.1 Å². The molecule has 2 N–H and O–H groups in total. The molecule has 4 heteroatoms. The minimum atomic E-state index is -0.249. The Hall–Kier alpha value is -1.55. The third-order valence-corrected chi connectivity index (χ3v) is 4.32. The average molecular weight is 278 g/mol. The number of benzene rings is 1. The highest BCUT2D eigenvalue weighted by molar-refractivity contribution is 7.09. The van der Waals surface area contributed by atoms with E-state index >= 15 is 0 Å². The van der Waals surface area contributed by atoms with Gasteiger partial charge in [0.15, 0.2) is 0 Å². The molecule has 0 bridgehead atoms. The summed E-state index contributed by atoms with van der Waals surface area (Å²) >= 11 is 1.76. The monoisotopic (exact) mass is 278 g/mol. The van der Waals surface area contributed by atoms with Crippen LogP contribution in [0.2, 0.25) is 0 Å². The lowest BCUT2D eigenvalue weighted by Gasteiger charge is -2.28. The average Bonchev–Trinajstić information content (AvgIpc) is 2.85. The predicted octanol–water partition coefficient (Wildman–Crippen LogP) is 3.85. The van der Waals surface area contributed by atoms with Crippen LogP contribution in [0.1, 0.15) is 17.4 Å². The first-order chi connectivity index (χ1) is 8.99. The second kappa shape index (κ2) is 5.61. The van der Waals surface area contributed by atoms with E-state index in [0.29, 0.717) is 17.3 Å². The molecular formula is C15H19FN2S. The minimum Gasteiger partial charge on any atom is -0.397 e. The fourth-order valence-corrected chi connectivity index (χ4v) is 2.91. The van der Waals surface area contributed by atoms with E-state index in [9.17, 15) is 4.39 Å². The maximum Gasteiger partial charge on any atom is 0.128 e. The van der Waals surface area contributed by atoms with Crippen LogP contribution in [0.15, 0.2) is 29.6 Å². The van der Waals surface area contributed by atoms with Gasteiger partial charge in [0.25, 0.3) is 0 Å². The van der Waals surface area contributed by atoms with E-state index in [4.69, 9.17) is 5.73 Å². The number of nitrogens with zero attached hydrogens (tertiary/aromatic N) is 1. The van der Waals surface area contributed by atoms with Gasteiger partial charge in [-0.05, 0) is 43.0 Å². The number of thiophene rings is 1. The number of rotatable bonds is 4. The maximum absolute atomic E-state index is 13.4. The van der Waals surface area contributed by atoms with Gasteiger partial charge >= 0.3 is 0 Å².